The monoisotopic (exact) mass is 1380 g/mol. The number of amides is 1. The molecule has 580 valence electrons. The quantitative estimate of drug-likeness (QED) is 0.0320. The zero-order valence-electron chi connectivity index (χ0n) is 66.8. The van der Waals surface area contributed by atoms with E-state index < -0.39 is 12.1 Å². The third-order valence-electron chi connectivity index (χ3n) is 21.4. The number of aliphatic hydroxyl groups excluding tert-OH is 2. The standard InChI is InChI=1S/C92H177NO5/c1-3-5-7-9-11-13-15-17-19-21-23-24-42-45-49-52-56-60-64-68-72-76-80-84-90(95)89(88-94)93-91(96)85-81-77-73-69-65-61-57-53-50-46-43-40-38-36-34-32-30-28-26-25-27-29-31-33-35-37-39-41-44-47-51-55-59-63-67-71-75-79-83-87-98-92(97)86-82-78-74-70-66-62-58-54-48-22-20-18-16-14-12-10-8-6-4-2/h12,14,18,20,25-26,89-90,94-95H,3-11,13,15-17,19,21-24,27-88H2,1-2H3,(H,93,96)/b14-12-,20-18-,26-25-. The Morgan fingerprint density at radius 2 is 0.510 bits per heavy atom. The van der Waals surface area contributed by atoms with Crippen LogP contribution in [0.4, 0.5) is 0 Å². The second kappa shape index (κ2) is 87.5. The number of nitrogens with one attached hydrogen (secondary N) is 1. The number of allylic oxidation sites excluding steroid dienone is 6. The molecule has 0 aromatic rings. The molecule has 2 unspecified atom stereocenters. The van der Waals surface area contributed by atoms with Gasteiger partial charge in [0, 0.05) is 12.8 Å². The summed E-state index contributed by atoms with van der Waals surface area (Å²) in [6.07, 6.45) is 116. The van der Waals surface area contributed by atoms with Crippen LogP contribution in [0.3, 0.4) is 0 Å². The molecule has 0 spiro atoms. The predicted molar refractivity (Wildman–Crippen MR) is 435 cm³/mol. The van der Waals surface area contributed by atoms with Gasteiger partial charge in [-0.3, -0.25) is 9.59 Å². The van der Waals surface area contributed by atoms with Crippen molar-refractivity contribution in [2.75, 3.05) is 13.2 Å². The van der Waals surface area contributed by atoms with Crippen molar-refractivity contribution in [3.8, 4) is 0 Å². The molecule has 0 aliphatic heterocycles. The fourth-order valence-electron chi connectivity index (χ4n) is 14.6. The van der Waals surface area contributed by atoms with Crippen molar-refractivity contribution in [1.82, 2.24) is 5.32 Å². The van der Waals surface area contributed by atoms with Crippen molar-refractivity contribution in [3.05, 3.63) is 36.5 Å². The van der Waals surface area contributed by atoms with Crippen molar-refractivity contribution in [1.29, 1.82) is 0 Å². The summed E-state index contributed by atoms with van der Waals surface area (Å²) < 4.78 is 5.52. The van der Waals surface area contributed by atoms with E-state index in [1.54, 1.807) is 0 Å². The fraction of sp³-hybridized carbons (Fsp3) is 0.913. The minimum Gasteiger partial charge on any atom is -0.466 e. The molecule has 0 heterocycles. The van der Waals surface area contributed by atoms with E-state index >= 15 is 0 Å². The minimum atomic E-state index is -0.663. The number of unbranched alkanes of at least 4 members (excludes halogenated alkanes) is 69. The van der Waals surface area contributed by atoms with Gasteiger partial charge >= 0.3 is 5.97 Å². The van der Waals surface area contributed by atoms with Gasteiger partial charge in [0.1, 0.15) is 0 Å². The molecule has 2 atom stereocenters. The average Bonchev–Trinajstić information content (AvgIpc) is 1.77. The van der Waals surface area contributed by atoms with Gasteiger partial charge in [0.25, 0.3) is 0 Å². The Morgan fingerprint density at radius 3 is 0.806 bits per heavy atom. The van der Waals surface area contributed by atoms with Crippen molar-refractivity contribution in [2.24, 2.45) is 0 Å². The highest BCUT2D eigenvalue weighted by molar-refractivity contribution is 5.76. The first-order chi connectivity index (χ1) is 48.5. The van der Waals surface area contributed by atoms with E-state index in [4.69, 9.17) is 4.74 Å². The average molecular weight is 1380 g/mol. The molecule has 0 saturated heterocycles. The Hall–Kier alpha value is -1.92. The van der Waals surface area contributed by atoms with Crippen LogP contribution in [0.25, 0.3) is 0 Å². The first-order valence-electron chi connectivity index (χ1n) is 45.2. The highest BCUT2D eigenvalue weighted by atomic mass is 16.5. The van der Waals surface area contributed by atoms with Crippen LogP contribution in [-0.2, 0) is 14.3 Å². The van der Waals surface area contributed by atoms with Crippen molar-refractivity contribution in [3.63, 3.8) is 0 Å². The zero-order valence-corrected chi connectivity index (χ0v) is 66.8. The Morgan fingerprint density at radius 1 is 0.286 bits per heavy atom. The lowest BCUT2D eigenvalue weighted by Crippen LogP contribution is -2.45. The predicted octanol–water partition coefficient (Wildman–Crippen LogP) is 30.5. The Balaban J connectivity index is 3.32. The molecule has 1 amide bonds. The molecule has 0 rings (SSSR count). The van der Waals surface area contributed by atoms with Crippen molar-refractivity contribution in [2.45, 2.75) is 527 Å². The molecule has 0 aliphatic carbocycles. The third-order valence-corrected chi connectivity index (χ3v) is 21.4. The zero-order chi connectivity index (χ0) is 70.5. The van der Waals surface area contributed by atoms with E-state index in [-0.39, 0.29) is 18.5 Å². The maximum atomic E-state index is 12.6. The summed E-state index contributed by atoms with van der Waals surface area (Å²) in [6.45, 7) is 4.99. The summed E-state index contributed by atoms with van der Waals surface area (Å²) in [7, 11) is 0. The van der Waals surface area contributed by atoms with Gasteiger partial charge in [0.2, 0.25) is 5.91 Å². The number of carbonyl (C=O) groups excluding carboxylic acids is 2. The molecule has 6 heteroatoms. The maximum absolute atomic E-state index is 12.6. The summed E-state index contributed by atoms with van der Waals surface area (Å²) in [6, 6.07) is -0.540. The van der Waals surface area contributed by atoms with Crippen LogP contribution >= 0.6 is 0 Å². The molecule has 0 aromatic carbocycles. The van der Waals surface area contributed by atoms with E-state index in [1.807, 2.05) is 0 Å². The first-order valence-corrected chi connectivity index (χ1v) is 45.2. The van der Waals surface area contributed by atoms with Crippen molar-refractivity contribution < 1.29 is 24.5 Å². The van der Waals surface area contributed by atoms with E-state index in [0.717, 1.165) is 44.9 Å². The minimum absolute atomic E-state index is 0.0197. The Kier molecular flexibility index (Phi) is 85.8. The lowest BCUT2D eigenvalue weighted by Gasteiger charge is -2.22. The van der Waals surface area contributed by atoms with Crippen LogP contribution < -0.4 is 5.32 Å². The van der Waals surface area contributed by atoms with Gasteiger partial charge < -0.3 is 20.3 Å². The van der Waals surface area contributed by atoms with Gasteiger partial charge in [-0.25, -0.2) is 0 Å². The molecule has 6 nitrogen and oxygen atoms in total. The van der Waals surface area contributed by atoms with Gasteiger partial charge in [0.05, 0.1) is 25.4 Å². The normalized spacial score (nSPS) is 12.6. The lowest BCUT2D eigenvalue weighted by atomic mass is 10.0. The lowest BCUT2D eigenvalue weighted by molar-refractivity contribution is -0.143. The van der Waals surface area contributed by atoms with Gasteiger partial charge in [-0.1, -0.05) is 455 Å². The number of esters is 1. The highest BCUT2D eigenvalue weighted by Crippen LogP contribution is 2.21. The molecule has 98 heavy (non-hydrogen) atoms. The van der Waals surface area contributed by atoms with Crippen LogP contribution in [0.5, 0.6) is 0 Å². The summed E-state index contributed by atoms with van der Waals surface area (Å²) >= 11 is 0. The van der Waals surface area contributed by atoms with E-state index in [9.17, 15) is 19.8 Å². The maximum Gasteiger partial charge on any atom is 0.305 e. The van der Waals surface area contributed by atoms with Gasteiger partial charge in [-0.05, 0) is 83.5 Å². The van der Waals surface area contributed by atoms with Crippen LogP contribution in [0.1, 0.15) is 515 Å². The van der Waals surface area contributed by atoms with E-state index in [1.165, 1.54) is 437 Å². The molecule has 0 fully saturated rings. The largest absolute Gasteiger partial charge is 0.466 e. The first kappa shape index (κ1) is 96.1. The second-order valence-electron chi connectivity index (χ2n) is 31.3. The fourth-order valence-corrected chi connectivity index (χ4v) is 14.6. The molecule has 3 N–H and O–H groups in total. The second-order valence-corrected chi connectivity index (χ2v) is 31.3. The molecular formula is C92H177NO5. The van der Waals surface area contributed by atoms with Gasteiger partial charge in [-0.15, -0.1) is 0 Å². The van der Waals surface area contributed by atoms with E-state index in [2.05, 4.69) is 55.6 Å². The SMILES string of the molecule is CCCCC/C=C\C/C=C\CCCCCCCCCCCC(=O)OCCCCCCCCCCCCCCCCCCCC/C=C\CCCCCCCCCCCCCCCCCCCC(=O)NC(CO)C(O)CCCCCCCCCCCCCCCCCCCCCCCCC. The van der Waals surface area contributed by atoms with Gasteiger partial charge in [-0.2, -0.15) is 0 Å². The topological polar surface area (TPSA) is 95.9 Å². The number of carbonyl (C=O) groups is 2. The molecular weight excluding hydrogens is 1200 g/mol. The number of hydrogen-bond acceptors (Lipinski definition) is 5. The Bertz CT molecular complexity index is 1590. The Labute approximate surface area is 614 Å². The summed E-state index contributed by atoms with van der Waals surface area (Å²) in [5.74, 6) is -0.00475. The van der Waals surface area contributed by atoms with Gasteiger partial charge in [0.15, 0.2) is 0 Å². The van der Waals surface area contributed by atoms with Crippen molar-refractivity contribution >= 4 is 11.9 Å². The number of rotatable bonds is 86. The smallest absolute Gasteiger partial charge is 0.305 e. The third kappa shape index (κ3) is 83.0. The summed E-state index contributed by atoms with van der Waals surface area (Å²) in [5, 5.41) is 23.5. The molecule has 0 bridgehead atoms. The van der Waals surface area contributed by atoms with E-state index in [0.29, 0.717) is 25.9 Å². The molecule has 0 aliphatic rings. The summed E-state index contributed by atoms with van der Waals surface area (Å²) in [4.78, 5) is 24.7. The number of aliphatic hydroxyl groups is 2. The highest BCUT2D eigenvalue weighted by Gasteiger charge is 2.20. The molecule has 0 saturated carbocycles. The van der Waals surface area contributed by atoms with Crippen LogP contribution in [0, 0.1) is 0 Å². The van der Waals surface area contributed by atoms with Crippen LogP contribution in [0.15, 0.2) is 36.5 Å². The number of ether oxygens (including phenoxy) is 1. The molecule has 0 aromatic heterocycles. The summed E-state index contributed by atoms with van der Waals surface area (Å²) in [5.41, 5.74) is 0. The number of hydrogen-bond donors (Lipinski definition) is 3. The van der Waals surface area contributed by atoms with Crippen LogP contribution in [-0.4, -0.2) is 47.4 Å². The van der Waals surface area contributed by atoms with Crippen LogP contribution in [0.2, 0.25) is 0 Å². The molecule has 0 radical (unpaired) electrons.